The molecule has 0 atom stereocenters. The summed E-state index contributed by atoms with van der Waals surface area (Å²) in [6.07, 6.45) is 5.52. The average molecular weight is 215 g/mol. The van der Waals surface area contributed by atoms with Crippen LogP contribution in [0.15, 0.2) is 0 Å². The molecule has 1 aliphatic rings. The van der Waals surface area contributed by atoms with Gasteiger partial charge < -0.3 is 15.2 Å². The normalized spacial score (nSPS) is 31.8. The summed E-state index contributed by atoms with van der Waals surface area (Å²) in [4.78, 5) is 0. The first-order valence-electron chi connectivity index (χ1n) is 6.12. The second kappa shape index (κ2) is 6.46. The summed E-state index contributed by atoms with van der Waals surface area (Å²) >= 11 is 0. The molecule has 1 aliphatic carbocycles. The molecule has 15 heavy (non-hydrogen) atoms. The van der Waals surface area contributed by atoms with Gasteiger partial charge in [0.15, 0.2) is 0 Å². The van der Waals surface area contributed by atoms with E-state index in [-0.39, 0.29) is 0 Å². The van der Waals surface area contributed by atoms with E-state index < -0.39 is 5.60 Å². The first-order valence-corrected chi connectivity index (χ1v) is 6.12. The number of ether oxygens (including phenoxy) is 1. The van der Waals surface area contributed by atoms with E-state index in [1.54, 1.807) is 7.11 Å². The van der Waals surface area contributed by atoms with Crippen molar-refractivity contribution >= 4 is 0 Å². The molecule has 0 aromatic carbocycles. The van der Waals surface area contributed by atoms with E-state index in [0.29, 0.717) is 13.2 Å². The number of aliphatic hydroxyl groups is 1. The average Bonchev–Trinajstić information content (AvgIpc) is 2.26. The molecule has 0 saturated heterocycles. The lowest BCUT2D eigenvalue weighted by molar-refractivity contribution is -0.00934. The lowest BCUT2D eigenvalue weighted by Gasteiger charge is -2.36. The van der Waals surface area contributed by atoms with Crippen LogP contribution in [0.25, 0.3) is 0 Å². The summed E-state index contributed by atoms with van der Waals surface area (Å²) in [5, 5.41) is 13.5. The van der Waals surface area contributed by atoms with Crippen LogP contribution >= 0.6 is 0 Å². The second-order valence-electron chi connectivity index (χ2n) is 4.75. The zero-order valence-electron chi connectivity index (χ0n) is 10.1. The molecule has 0 aromatic rings. The van der Waals surface area contributed by atoms with E-state index in [1.165, 1.54) is 19.3 Å². The lowest BCUT2D eigenvalue weighted by atomic mass is 9.78. The number of hydrogen-bond donors (Lipinski definition) is 2. The Morgan fingerprint density at radius 2 is 2.07 bits per heavy atom. The van der Waals surface area contributed by atoms with Gasteiger partial charge in [-0.15, -0.1) is 0 Å². The quantitative estimate of drug-likeness (QED) is 0.661. The Labute approximate surface area is 93.2 Å². The van der Waals surface area contributed by atoms with Gasteiger partial charge in [0.25, 0.3) is 0 Å². The summed E-state index contributed by atoms with van der Waals surface area (Å²) in [5.74, 6) is 0.837. The third-order valence-electron chi connectivity index (χ3n) is 3.55. The topological polar surface area (TPSA) is 41.5 Å². The van der Waals surface area contributed by atoms with E-state index in [2.05, 4.69) is 12.2 Å². The van der Waals surface area contributed by atoms with E-state index >= 15 is 0 Å². The van der Waals surface area contributed by atoms with Crippen LogP contribution < -0.4 is 5.32 Å². The molecule has 1 rings (SSSR count). The maximum atomic E-state index is 10.3. The minimum absolute atomic E-state index is 0.459. The van der Waals surface area contributed by atoms with Gasteiger partial charge in [-0.05, 0) is 31.6 Å². The van der Waals surface area contributed by atoms with Crippen molar-refractivity contribution in [3.05, 3.63) is 0 Å². The van der Waals surface area contributed by atoms with Crippen molar-refractivity contribution in [2.45, 2.75) is 44.6 Å². The van der Waals surface area contributed by atoms with E-state index in [9.17, 15) is 5.11 Å². The van der Waals surface area contributed by atoms with E-state index in [4.69, 9.17) is 4.74 Å². The van der Waals surface area contributed by atoms with Gasteiger partial charge in [0.2, 0.25) is 0 Å². The molecule has 0 bridgehead atoms. The van der Waals surface area contributed by atoms with Crippen molar-refractivity contribution in [3.8, 4) is 0 Å². The molecular weight excluding hydrogens is 190 g/mol. The molecule has 0 unspecified atom stereocenters. The Bertz CT molecular complexity index is 165. The molecule has 0 radical (unpaired) electrons. The predicted molar refractivity (Wildman–Crippen MR) is 61.9 cm³/mol. The van der Waals surface area contributed by atoms with Crippen LogP contribution in [0, 0.1) is 5.92 Å². The van der Waals surface area contributed by atoms with Crippen LogP contribution in [0.5, 0.6) is 0 Å². The van der Waals surface area contributed by atoms with Crippen LogP contribution in [-0.2, 0) is 4.74 Å². The van der Waals surface area contributed by atoms with Crippen LogP contribution in [0.4, 0.5) is 0 Å². The molecule has 0 heterocycles. The molecular formula is C12H25NO2. The van der Waals surface area contributed by atoms with Crippen molar-refractivity contribution in [2.24, 2.45) is 5.92 Å². The lowest BCUT2D eigenvalue weighted by Crippen LogP contribution is -2.44. The molecule has 2 N–H and O–H groups in total. The van der Waals surface area contributed by atoms with Gasteiger partial charge in [0, 0.05) is 20.2 Å². The molecule has 0 aromatic heterocycles. The standard InChI is InChI=1S/C12H25NO2/c1-3-11-4-6-12(14,7-5-11)10-13-8-9-15-2/h11,13-14H,3-10H2,1-2H3. The summed E-state index contributed by atoms with van der Waals surface area (Å²) in [6, 6.07) is 0. The molecule has 90 valence electrons. The van der Waals surface area contributed by atoms with Gasteiger partial charge in [-0.1, -0.05) is 13.3 Å². The largest absolute Gasteiger partial charge is 0.389 e. The summed E-state index contributed by atoms with van der Waals surface area (Å²) in [6.45, 7) is 4.50. The third kappa shape index (κ3) is 4.49. The monoisotopic (exact) mass is 215 g/mol. The van der Waals surface area contributed by atoms with Gasteiger partial charge in [-0.25, -0.2) is 0 Å². The van der Waals surface area contributed by atoms with Crippen molar-refractivity contribution in [1.82, 2.24) is 5.32 Å². The summed E-state index contributed by atoms with van der Waals surface area (Å²) < 4.78 is 4.95. The SMILES string of the molecule is CCC1CCC(O)(CNCCOC)CC1. The highest BCUT2D eigenvalue weighted by Crippen LogP contribution is 2.33. The first-order chi connectivity index (χ1) is 7.20. The predicted octanol–water partition coefficient (Wildman–Crippen LogP) is 1.55. The van der Waals surface area contributed by atoms with E-state index in [0.717, 1.165) is 25.3 Å². The number of nitrogens with one attached hydrogen (secondary N) is 1. The fraction of sp³-hybridized carbons (Fsp3) is 1.00. The highest BCUT2D eigenvalue weighted by Gasteiger charge is 2.31. The van der Waals surface area contributed by atoms with Crippen molar-refractivity contribution in [1.29, 1.82) is 0 Å². The fourth-order valence-electron chi connectivity index (χ4n) is 2.30. The number of rotatable bonds is 6. The fourth-order valence-corrected chi connectivity index (χ4v) is 2.30. The molecule has 0 spiro atoms. The molecule has 3 heteroatoms. The highest BCUT2D eigenvalue weighted by molar-refractivity contribution is 4.86. The molecule has 0 aliphatic heterocycles. The van der Waals surface area contributed by atoms with Crippen LogP contribution in [0.3, 0.4) is 0 Å². The minimum Gasteiger partial charge on any atom is -0.389 e. The Balaban J connectivity index is 2.17. The molecule has 1 fully saturated rings. The van der Waals surface area contributed by atoms with Gasteiger partial charge in [-0.3, -0.25) is 0 Å². The van der Waals surface area contributed by atoms with Gasteiger partial charge in [0.05, 0.1) is 12.2 Å². The third-order valence-corrected chi connectivity index (χ3v) is 3.55. The maximum Gasteiger partial charge on any atom is 0.0771 e. The van der Waals surface area contributed by atoms with Crippen LogP contribution in [-0.4, -0.2) is 37.5 Å². The smallest absolute Gasteiger partial charge is 0.0771 e. The van der Waals surface area contributed by atoms with Crippen molar-refractivity contribution in [3.63, 3.8) is 0 Å². The Morgan fingerprint density at radius 1 is 1.40 bits per heavy atom. The van der Waals surface area contributed by atoms with Crippen LogP contribution in [0.2, 0.25) is 0 Å². The number of hydrogen-bond acceptors (Lipinski definition) is 3. The Hall–Kier alpha value is -0.120. The Morgan fingerprint density at radius 3 is 2.60 bits per heavy atom. The molecule has 0 amide bonds. The second-order valence-corrected chi connectivity index (χ2v) is 4.75. The maximum absolute atomic E-state index is 10.3. The number of methoxy groups -OCH3 is 1. The van der Waals surface area contributed by atoms with Gasteiger partial charge >= 0.3 is 0 Å². The molecule has 1 saturated carbocycles. The Kier molecular flexibility index (Phi) is 5.58. The summed E-state index contributed by atoms with van der Waals surface area (Å²) in [7, 11) is 1.70. The van der Waals surface area contributed by atoms with Crippen molar-refractivity contribution in [2.75, 3.05) is 26.8 Å². The zero-order chi connectivity index (χ0) is 11.1. The van der Waals surface area contributed by atoms with E-state index in [1.807, 2.05) is 0 Å². The van der Waals surface area contributed by atoms with Crippen LogP contribution in [0.1, 0.15) is 39.0 Å². The molecule has 3 nitrogen and oxygen atoms in total. The first kappa shape index (κ1) is 12.9. The summed E-state index contributed by atoms with van der Waals surface area (Å²) in [5.41, 5.74) is -0.459. The highest BCUT2D eigenvalue weighted by atomic mass is 16.5. The zero-order valence-corrected chi connectivity index (χ0v) is 10.1. The van der Waals surface area contributed by atoms with Gasteiger partial charge in [-0.2, -0.15) is 0 Å². The van der Waals surface area contributed by atoms with Gasteiger partial charge in [0.1, 0.15) is 0 Å². The minimum atomic E-state index is -0.459. The van der Waals surface area contributed by atoms with Crippen molar-refractivity contribution < 1.29 is 9.84 Å².